The molecule has 0 aliphatic carbocycles. The third kappa shape index (κ3) is 5.04. The second-order valence-electron chi connectivity index (χ2n) is 9.18. The molecule has 3 rings (SSSR count). The van der Waals surface area contributed by atoms with E-state index in [4.69, 9.17) is 0 Å². The fourth-order valence-electron chi connectivity index (χ4n) is 5.26. The molecule has 2 amide bonds. The summed E-state index contributed by atoms with van der Waals surface area (Å²) in [7, 11) is 0. The number of hydrogen-bond acceptors (Lipinski definition) is 3. The van der Waals surface area contributed by atoms with Gasteiger partial charge in [0.1, 0.15) is 0 Å². The Balaban J connectivity index is 1.40. The van der Waals surface area contributed by atoms with Gasteiger partial charge in [-0.1, -0.05) is 20.8 Å². The van der Waals surface area contributed by atoms with Crippen molar-refractivity contribution in [3.05, 3.63) is 0 Å². The highest BCUT2D eigenvalue weighted by Gasteiger charge is 2.34. The summed E-state index contributed by atoms with van der Waals surface area (Å²) >= 11 is 0. The van der Waals surface area contributed by atoms with E-state index in [1.165, 1.54) is 25.9 Å². The molecule has 0 aromatic carbocycles. The standard InChI is InChI=1S/C22H39N3O2/c1-4-21(26)24-13-7-19(8-14-24)22(27)25-15-9-20(10-16-25)23-11-5-18(6-12-23)17(2)3/h17-20H,4-16H2,1-3H3. The minimum atomic E-state index is 0.129. The number of carbonyl (C=O) groups excluding carboxylic acids is 2. The molecular formula is C22H39N3O2. The Bertz CT molecular complexity index is 498. The lowest BCUT2D eigenvalue weighted by molar-refractivity contribution is -0.141. The third-order valence-corrected chi connectivity index (χ3v) is 7.31. The molecule has 0 unspecified atom stereocenters. The molecule has 3 heterocycles. The summed E-state index contributed by atoms with van der Waals surface area (Å²) in [6, 6.07) is 0.672. The van der Waals surface area contributed by atoms with Crippen LogP contribution in [0.4, 0.5) is 0 Å². The number of likely N-dealkylation sites (tertiary alicyclic amines) is 3. The lowest BCUT2D eigenvalue weighted by Crippen LogP contribution is -2.51. The minimum absolute atomic E-state index is 0.129. The molecule has 3 aliphatic rings. The van der Waals surface area contributed by atoms with E-state index >= 15 is 0 Å². The highest BCUT2D eigenvalue weighted by Crippen LogP contribution is 2.29. The summed E-state index contributed by atoms with van der Waals surface area (Å²) in [5, 5.41) is 0. The first-order valence-corrected chi connectivity index (χ1v) is 11.3. The van der Waals surface area contributed by atoms with Gasteiger partial charge < -0.3 is 14.7 Å². The van der Waals surface area contributed by atoms with E-state index in [1.54, 1.807) is 0 Å². The maximum Gasteiger partial charge on any atom is 0.225 e. The molecule has 3 aliphatic heterocycles. The Morgan fingerprint density at radius 3 is 1.89 bits per heavy atom. The number of hydrogen-bond donors (Lipinski definition) is 0. The predicted octanol–water partition coefficient (Wildman–Crippen LogP) is 2.99. The van der Waals surface area contributed by atoms with Gasteiger partial charge in [0.15, 0.2) is 0 Å². The maximum atomic E-state index is 12.9. The summed E-state index contributed by atoms with van der Waals surface area (Å²) in [6.07, 6.45) is 7.19. The van der Waals surface area contributed by atoms with Crippen LogP contribution < -0.4 is 0 Å². The molecule has 0 aromatic heterocycles. The first-order valence-electron chi connectivity index (χ1n) is 11.3. The molecule has 0 atom stereocenters. The monoisotopic (exact) mass is 377 g/mol. The van der Waals surface area contributed by atoms with Crippen LogP contribution in [0.1, 0.15) is 65.7 Å². The number of piperidine rings is 3. The summed E-state index contributed by atoms with van der Waals surface area (Å²) < 4.78 is 0. The smallest absolute Gasteiger partial charge is 0.225 e. The summed E-state index contributed by atoms with van der Waals surface area (Å²) in [5.74, 6) is 2.40. The van der Waals surface area contributed by atoms with Crippen molar-refractivity contribution in [2.75, 3.05) is 39.3 Å². The highest BCUT2D eigenvalue weighted by atomic mass is 16.2. The van der Waals surface area contributed by atoms with E-state index in [0.29, 0.717) is 18.4 Å². The molecule has 0 bridgehead atoms. The minimum Gasteiger partial charge on any atom is -0.343 e. The van der Waals surface area contributed by atoms with E-state index in [-0.39, 0.29) is 11.8 Å². The van der Waals surface area contributed by atoms with Crippen molar-refractivity contribution in [1.82, 2.24) is 14.7 Å². The third-order valence-electron chi connectivity index (χ3n) is 7.31. The molecular weight excluding hydrogens is 338 g/mol. The van der Waals surface area contributed by atoms with Crippen LogP contribution in [0.2, 0.25) is 0 Å². The molecule has 0 N–H and O–H groups in total. The second-order valence-corrected chi connectivity index (χ2v) is 9.18. The first-order chi connectivity index (χ1) is 13.0. The summed E-state index contributed by atoms with van der Waals surface area (Å²) in [5.41, 5.74) is 0. The van der Waals surface area contributed by atoms with Gasteiger partial charge in [0.25, 0.3) is 0 Å². The van der Waals surface area contributed by atoms with Crippen LogP contribution in [0.3, 0.4) is 0 Å². The Morgan fingerprint density at radius 1 is 0.815 bits per heavy atom. The summed E-state index contributed by atoms with van der Waals surface area (Å²) in [4.78, 5) is 31.5. The Hall–Kier alpha value is -1.10. The van der Waals surface area contributed by atoms with Crippen molar-refractivity contribution in [1.29, 1.82) is 0 Å². The first kappa shape index (κ1) is 20.6. The van der Waals surface area contributed by atoms with Crippen molar-refractivity contribution in [2.45, 2.75) is 71.8 Å². The van der Waals surface area contributed by atoms with Gasteiger partial charge in [-0.25, -0.2) is 0 Å². The Labute approximate surface area is 165 Å². The zero-order valence-corrected chi connectivity index (χ0v) is 17.7. The average molecular weight is 378 g/mol. The molecule has 3 saturated heterocycles. The molecule has 5 nitrogen and oxygen atoms in total. The van der Waals surface area contributed by atoms with Gasteiger partial charge in [0.05, 0.1) is 0 Å². The largest absolute Gasteiger partial charge is 0.343 e. The second kappa shape index (κ2) is 9.40. The topological polar surface area (TPSA) is 43.9 Å². The predicted molar refractivity (Wildman–Crippen MR) is 108 cm³/mol. The molecule has 27 heavy (non-hydrogen) atoms. The highest BCUT2D eigenvalue weighted by molar-refractivity contribution is 5.80. The number of nitrogens with zero attached hydrogens (tertiary/aromatic N) is 3. The fourth-order valence-corrected chi connectivity index (χ4v) is 5.26. The molecule has 0 radical (unpaired) electrons. The van der Waals surface area contributed by atoms with E-state index in [0.717, 1.165) is 63.7 Å². The SMILES string of the molecule is CCC(=O)N1CCC(C(=O)N2CCC(N3CCC(C(C)C)CC3)CC2)CC1. The lowest BCUT2D eigenvalue weighted by atomic mass is 9.85. The number of carbonyl (C=O) groups is 2. The normalized spacial score (nSPS) is 24.6. The molecule has 3 fully saturated rings. The van der Waals surface area contributed by atoms with Gasteiger partial charge in [0, 0.05) is 44.6 Å². The maximum absolute atomic E-state index is 12.9. The zero-order valence-electron chi connectivity index (χ0n) is 17.7. The van der Waals surface area contributed by atoms with E-state index < -0.39 is 0 Å². The molecule has 0 aromatic rings. The van der Waals surface area contributed by atoms with Crippen LogP contribution in [-0.4, -0.2) is 71.8 Å². The Morgan fingerprint density at radius 2 is 1.37 bits per heavy atom. The van der Waals surface area contributed by atoms with Gasteiger partial charge in [-0.05, 0) is 63.5 Å². The molecule has 0 spiro atoms. The number of rotatable bonds is 4. The molecule has 0 saturated carbocycles. The van der Waals surface area contributed by atoms with Crippen molar-refractivity contribution in [2.24, 2.45) is 17.8 Å². The quantitative estimate of drug-likeness (QED) is 0.756. The fraction of sp³-hybridized carbons (Fsp3) is 0.909. The lowest BCUT2D eigenvalue weighted by Gasteiger charge is -2.43. The van der Waals surface area contributed by atoms with Gasteiger partial charge >= 0.3 is 0 Å². The van der Waals surface area contributed by atoms with Gasteiger partial charge in [-0.2, -0.15) is 0 Å². The van der Waals surface area contributed by atoms with Crippen LogP contribution in [0.5, 0.6) is 0 Å². The van der Waals surface area contributed by atoms with Crippen molar-refractivity contribution < 1.29 is 9.59 Å². The van der Waals surface area contributed by atoms with Crippen molar-refractivity contribution in [3.63, 3.8) is 0 Å². The summed E-state index contributed by atoms with van der Waals surface area (Å²) in [6.45, 7) is 12.4. The van der Waals surface area contributed by atoms with Crippen LogP contribution in [0.15, 0.2) is 0 Å². The zero-order chi connectivity index (χ0) is 19.4. The van der Waals surface area contributed by atoms with Crippen molar-refractivity contribution in [3.8, 4) is 0 Å². The van der Waals surface area contributed by atoms with Crippen molar-refractivity contribution >= 4 is 11.8 Å². The van der Waals surface area contributed by atoms with E-state index in [9.17, 15) is 9.59 Å². The van der Waals surface area contributed by atoms with Crippen LogP contribution in [0.25, 0.3) is 0 Å². The number of amides is 2. The van der Waals surface area contributed by atoms with Gasteiger partial charge in [-0.15, -0.1) is 0 Å². The van der Waals surface area contributed by atoms with E-state index in [2.05, 4.69) is 23.6 Å². The average Bonchev–Trinajstić information content (AvgIpc) is 2.73. The Kier molecular flexibility index (Phi) is 7.18. The van der Waals surface area contributed by atoms with Gasteiger partial charge in [0.2, 0.25) is 11.8 Å². The van der Waals surface area contributed by atoms with Gasteiger partial charge in [-0.3, -0.25) is 9.59 Å². The van der Waals surface area contributed by atoms with Crippen LogP contribution in [-0.2, 0) is 9.59 Å². The van der Waals surface area contributed by atoms with E-state index in [1.807, 2.05) is 11.8 Å². The molecule has 154 valence electrons. The van der Waals surface area contributed by atoms with Crippen LogP contribution >= 0.6 is 0 Å². The van der Waals surface area contributed by atoms with Crippen LogP contribution in [0, 0.1) is 17.8 Å². The molecule has 5 heteroatoms.